The van der Waals surface area contributed by atoms with Crippen LogP contribution in [-0.2, 0) is 6.54 Å². The summed E-state index contributed by atoms with van der Waals surface area (Å²) in [6.45, 7) is 1.96. The Kier molecular flexibility index (Phi) is 2.20. The first-order chi connectivity index (χ1) is 5.65. The summed E-state index contributed by atoms with van der Waals surface area (Å²) in [7, 11) is 0. The van der Waals surface area contributed by atoms with Gasteiger partial charge < -0.3 is 9.67 Å². The van der Waals surface area contributed by atoms with E-state index < -0.39 is 0 Å². The molecule has 1 N–H and O–H groups in total. The van der Waals surface area contributed by atoms with Crippen LogP contribution >= 0.6 is 0 Å². The lowest BCUT2D eigenvalue weighted by Crippen LogP contribution is -2.20. The molecule has 0 saturated carbocycles. The summed E-state index contributed by atoms with van der Waals surface area (Å²) in [5, 5.41) is 9.02. The van der Waals surface area contributed by atoms with Crippen molar-refractivity contribution in [2.24, 2.45) is 0 Å². The van der Waals surface area contributed by atoms with E-state index in [0.29, 0.717) is 5.69 Å². The highest BCUT2D eigenvalue weighted by Crippen LogP contribution is 2.06. The number of nitrogens with zero attached hydrogens (tertiary/aromatic N) is 1. The van der Waals surface area contributed by atoms with Gasteiger partial charge in [-0.3, -0.25) is 4.79 Å². The van der Waals surface area contributed by atoms with Crippen LogP contribution in [0.3, 0.4) is 0 Å². The molecule has 0 bridgehead atoms. The fraction of sp³-hybridized carbons (Fsp3) is 0.222. The van der Waals surface area contributed by atoms with Crippen LogP contribution in [0.2, 0.25) is 0 Å². The van der Waals surface area contributed by atoms with Gasteiger partial charge in [0.05, 0.1) is 6.54 Å². The van der Waals surface area contributed by atoms with Gasteiger partial charge >= 0.3 is 0 Å². The molecule has 1 aromatic rings. The predicted octanol–water partition coefficient (Wildman–Crippen LogP) is 0.496. The molecule has 0 aromatic carbocycles. The van der Waals surface area contributed by atoms with Crippen LogP contribution in [0.15, 0.2) is 16.9 Å². The largest absolute Gasteiger partial charge is 0.508 e. The molecule has 0 atom stereocenters. The highest BCUT2D eigenvalue weighted by atomic mass is 16.3. The molecule has 12 heavy (non-hydrogen) atoms. The Morgan fingerprint density at radius 2 is 2.33 bits per heavy atom. The van der Waals surface area contributed by atoms with Crippen molar-refractivity contribution in [1.29, 1.82) is 0 Å². The summed E-state index contributed by atoms with van der Waals surface area (Å²) in [6, 6.07) is 2.64. The zero-order chi connectivity index (χ0) is 9.14. The Hall–Kier alpha value is -1.69. The van der Waals surface area contributed by atoms with E-state index in [1.54, 1.807) is 6.92 Å². The molecule has 3 heteroatoms. The Morgan fingerprint density at radius 3 is 2.83 bits per heavy atom. The maximum absolute atomic E-state index is 11.2. The average molecular weight is 163 g/mol. The highest BCUT2D eigenvalue weighted by molar-refractivity contribution is 5.21. The van der Waals surface area contributed by atoms with Crippen LogP contribution < -0.4 is 5.56 Å². The van der Waals surface area contributed by atoms with Gasteiger partial charge in [-0.1, -0.05) is 5.92 Å². The molecule has 1 aromatic heterocycles. The SMILES string of the molecule is C#CCn1c(C)cc(O)cc1=O. The summed E-state index contributed by atoms with van der Waals surface area (Å²) < 4.78 is 1.42. The number of hydrogen-bond donors (Lipinski definition) is 1. The fourth-order valence-electron chi connectivity index (χ4n) is 1.01. The smallest absolute Gasteiger partial charge is 0.255 e. The van der Waals surface area contributed by atoms with Crippen molar-refractivity contribution < 1.29 is 5.11 Å². The highest BCUT2D eigenvalue weighted by Gasteiger charge is 1.99. The second kappa shape index (κ2) is 3.14. The topological polar surface area (TPSA) is 42.2 Å². The van der Waals surface area contributed by atoms with E-state index in [0.717, 1.165) is 6.07 Å². The van der Waals surface area contributed by atoms with Crippen LogP contribution in [0.4, 0.5) is 0 Å². The van der Waals surface area contributed by atoms with E-state index in [9.17, 15) is 4.79 Å². The van der Waals surface area contributed by atoms with Crippen molar-refractivity contribution in [3.8, 4) is 18.1 Å². The summed E-state index contributed by atoms with van der Waals surface area (Å²) in [5.74, 6) is 2.34. The Balaban J connectivity index is 3.31. The number of terminal acetylenes is 1. The van der Waals surface area contributed by atoms with E-state index in [1.165, 1.54) is 10.6 Å². The van der Waals surface area contributed by atoms with Gasteiger partial charge in [-0.25, -0.2) is 0 Å². The molecule has 1 heterocycles. The molecule has 0 fully saturated rings. The van der Waals surface area contributed by atoms with E-state index in [-0.39, 0.29) is 17.9 Å². The molecule has 1 rings (SSSR count). The number of aromatic hydroxyl groups is 1. The van der Waals surface area contributed by atoms with Gasteiger partial charge in [0.25, 0.3) is 5.56 Å². The molecular weight excluding hydrogens is 154 g/mol. The predicted molar refractivity (Wildman–Crippen MR) is 45.9 cm³/mol. The van der Waals surface area contributed by atoms with E-state index in [2.05, 4.69) is 5.92 Å². The van der Waals surface area contributed by atoms with Gasteiger partial charge in [0.1, 0.15) is 5.75 Å². The lowest BCUT2D eigenvalue weighted by molar-refractivity contribution is 0.470. The molecule has 0 aliphatic rings. The maximum Gasteiger partial charge on any atom is 0.255 e. The summed E-state index contributed by atoms with van der Waals surface area (Å²) in [4.78, 5) is 11.2. The zero-order valence-corrected chi connectivity index (χ0v) is 6.74. The molecule has 3 nitrogen and oxygen atoms in total. The van der Waals surface area contributed by atoms with Gasteiger partial charge in [0.2, 0.25) is 0 Å². The standard InChI is InChI=1S/C9H9NO2/c1-3-4-10-7(2)5-8(11)6-9(10)12/h1,5-6,11H,4H2,2H3. The van der Waals surface area contributed by atoms with Crippen molar-refractivity contribution >= 4 is 0 Å². The third-order valence-electron chi connectivity index (χ3n) is 1.57. The Labute approximate surface area is 70.3 Å². The first-order valence-corrected chi connectivity index (χ1v) is 3.49. The van der Waals surface area contributed by atoms with Crippen LogP contribution in [0.5, 0.6) is 5.75 Å². The van der Waals surface area contributed by atoms with Crippen LogP contribution in [-0.4, -0.2) is 9.67 Å². The molecule has 0 aliphatic carbocycles. The number of rotatable bonds is 1. The lowest BCUT2D eigenvalue weighted by Gasteiger charge is -2.04. The quantitative estimate of drug-likeness (QED) is 0.612. The monoisotopic (exact) mass is 163 g/mol. The van der Waals surface area contributed by atoms with E-state index in [1.807, 2.05) is 0 Å². The third kappa shape index (κ3) is 1.48. The van der Waals surface area contributed by atoms with E-state index in [4.69, 9.17) is 11.5 Å². The normalized spacial score (nSPS) is 9.33. The van der Waals surface area contributed by atoms with Crippen molar-refractivity contribution in [1.82, 2.24) is 4.57 Å². The van der Waals surface area contributed by atoms with E-state index >= 15 is 0 Å². The summed E-state index contributed by atoms with van der Waals surface area (Å²) >= 11 is 0. The number of aryl methyl sites for hydroxylation is 1. The minimum Gasteiger partial charge on any atom is -0.508 e. The molecule has 0 saturated heterocycles. The number of hydrogen-bond acceptors (Lipinski definition) is 2. The molecule has 0 aliphatic heterocycles. The molecule has 0 radical (unpaired) electrons. The lowest BCUT2D eigenvalue weighted by atomic mass is 10.3. The van der Waals surface area contributed by atoms with Gasteiger partial charge in [-0.2, -0.15) is 0 Å². The molecular formula is C9H9NO2. The average Bonchev–Trinajstić information content (AvgIpc) is 1.96. The van der Waals surface area contributed by atoms with Crippen LogP contribution in [0, 0.1) is 19.3 Å². The second-order valence-electron chi connectivity index (χ2n) is 2.48. The minimum atomic E-state index is -0.273. The Bertz CT molecular complexity index is 384. The molecule has 0 amide bonds. The first-order valence-electron chi connectivity index (χ1n) is 3.49. The van der Waals surface area contributed by atoms with Crippen molar-refractivity contribution in [2.45, 2.75) is 13.5 Å². The van der Waals surface area contributed by atoms with Crippen LogP contribution in [0.25, 0.3) is 0 Å². The van der Waals surface area contributed by atoms with Gasteiger partial charge in [-0.05, 0) is 13.0 Å². The molecule has 0 unspecified atom stereocenters. The second-order valence-corrected chi connectivity index (χ2v) is 2.48. The zero-order valence-electron chi connectivity index (χ0n) is 6.74. The summed E-state index contributed by atoms with van der Waals surface area (Å²) in [6.07, 6.45) is 5.06. The first kappa shape index (κ1) is 8.41. The summed E-state index contributed by atoms with van der Waals surface area (Å²) in [5.41, 5.74) is 0.392. The van der Waals surface area contributed by atoms with Gasteiger partial charge in [-0.15, -0.1) is 6.42 Å². The van der Waals surface area contributed by atoms with Crippen molar-refractivity contribution in [3.05, 3.63) is 28.2 Å². The maximum atomic E-state index is 11.2. The Morgan fingerprint density at radius 1 is 1.67 bits per heavy atom. The van der Waals surface area contributed by atoms with Crippen LogP contribution in [0.1, 0.15) is 5.69 Å². The fourth-order valence-corrected chi connectivity index (χ4v) is 1.01. The van der Waals surface area contributed by atoms with Gasteiger partial charge in [0.15, 0.2) is 0 Å². The minimum absolute atomic E-state index is 0.0224. The van der Waals surface area contributed by atoms with Crippen molar-refractivity contribution in [2.75, 3.05) is 0 Å². The number of pyridine rings is 1. The molecule has 0 spiro atoms. The molecule has 62 valence electrons. The van der Waals surface area contributed by atoms with Gasteiger partial charge in [0, 0.05) is 11.8 Å². The number of aromatic nitrogens is 1. The van der Waals surface area contributed by atoms with Crippen molar-refractivity contribution in [3.63, 3.8) is 0 Å². The third-order valence-corrected chi connectivity index (χ3v) is 1.57.